The van der Waals surface area contributed by atoms with Crippen molar-refractivity contribution in [2.45, 2.75) is 12.5 Å². The number of nitrogens with one attached hydrogen (secondary N) is 1. The zero-order valence-corrected chi connectivity index (χ0v) is 16.2. The molecule has 0 aliphatic carbocycles. The summed E-state index contributed by atoms with van der Waals surface area (Å²) in [5.74, 6) is 0.224. The van der Waals surface area contributed by atoms with Gasteiger partial charge in [-0.15, -0.1) is 0 Å². The molecule has 1 atom stereocenters. The van der Waals surface area contributed by atoms with Gasteiger partial charge in [-0.2, -0.15) is 0 Å². The number of aromatic nitrogens is 2. The van der Waals surface area contributed by atoms with Crippen molar-refractivity contribution >= 4 is 16.8 Å². The molecule has 1 unspecified atom stereocenters. The van der Waals surface area contributed by atoms with Crippen molar-refractivity contribution in [2.75, 3.05) is 13.1 Å². The van der Waals surface area contributed by atoms with Crippen LogP contribution in [0.1, 0.15) is 16.9 Å². The summed E-state index contributed by atoms with van der Waals surface area (Å²) in [4.78, 5) is 22.3. The molecule has 6 heteroatoms. The van der Waals surface area contributed by atoms with E-state index < -0.39 is 0 Å². The lowest BCUT2D eigenvalue weighted by Crippen LogP contribution is -2.31. The molecule has 1 aliphatic heterocycles. The van der Waals surface area contributed by atoms with Gasteiger partial charge in [0.25, 0.3) is 5.91 Å². The summed E-state index contributed by atoms with van der Waals surface area (Å²) in [6, 6.07) is 19.8. The molecule has 5 rings (SSSR count). The van der Waals surface area contributed by atoms with Gasteiger partial charge in [0.15, 0.2) is 0 Å². The molecule has 1 fully saturated rings. The molecule has 0 bridgehead atoms. The zero-order valence-electron chi connectivity index (χ0n) is 16.2. The highest BCUT2D eigenvalue weighted by Gasteiger charge is 2.29. The molecule has 1 saturated heterocycles. The lowest BCUT2D eigenvalue weighted by molar-refractivity contribution is 0.0766. The first kappa shape index (κ1) is 18.4. The minimum atomic E-state index is -0.283. The lowest BCUT2D eigenvalue weighted by atomic mass is 10.1. The first-order valence-electron chi connectivity index (χ1n) is 9.92. The summed E-state index contributed by atoms with van der Waals surface area (Å²) in [6.45, 7) is 1.14. The maximum absolute atomic E-state index is 13.1. The third kappa shape index (κ3) is 3.64. The molecule has 1 N–H and O–H groups in total. The first-order valence-corrected chi connectivity index (χ1v) is 9.92. The van der Waals surface area contributed by atoms with Gasteiger partial charge in [-0.3, -0.25) is 4.79 Å². The van der Waals surface area contributed by atoms with Crippen LogP contribution in [0.3, 0.4) is 0 Å². The summed E-state index contributed by atoms with van der Waals surface area (Å²) >= 11 is 0. The van der Waals surface area contributed by atoms with Crippen LogP contribution in [0.2, 0.25) is 0 Å². The molecule has 30 heavy (non-hydrogen) atoms. The van der Waals surface area contributed by atoms with Crippen molar-refractivity contribution in [1.82, 2.24) is 14.9 Å². The number of fused-ring (bicyclic) bond motifs is 1. The number of benzene rings is 2. The number of para-hydroxylation sites is 1. The third-order valence-corrected chi connectivity index (χ3v) is 5.38. The van der Waals surface area contributed by atoms with E-state index in [4.69, 9.17) is 4.74 Å². The minimum Gasteiger partial charge on any atom is -0.472 e. The Hall–Kier alpha value is -3.67. The Morgan fingerprint density at radius 1 is 1.07 bits per heavy atom. The van der Waals surface area contributed by atoms with E-state index in [1.807, 2.05) is 36.4 Å². The van der Waals surface area contributed by atoms with Gasteiger partial charge in [0.05, 0.1) is 12.1 Å². The van der Waals surface area contributed by atoms with Crippen LogP contribution in [-0.2, 0) is 0 Å². The Bertz CT molecular complexity index is 1200. The summed E-state index contributed by atoms with van der Waals surface area (Å²) in [6.07, 6.45) is 2.43. The van der Waals surface area contributed by atoms with Crippen molar-refractivity contribution < 1.29 is 13.9 Å². The zero-order chi connectivity index (χ0) is 20.5. The fourth-order valence-corrected chi connectivity index (χ4v) is 3.79. The second-order valence-corrected chi connectivity index (χ2v) is 7.43. The van der Waals surface area contributed by atoms with Crippen LogP contribution in [-0.4, -0.2) is 40.0 Å². The number of rotatable bonds is 4. The normalized spacial score (nSPS) is 16.2. The number of carbonyl (C=O) groups is 1. The molecule has 150 valence electrons. The molecule has 4 aromatic rings. The van der Waals surface area contributed by atoms with Crippen LogP contribution >= 0.6 is 0 Å². The van der Waals surface area contributed by atoms with E-state index in [-0.39, 0.29) is 17.8 Å². The van der Waals surface area contributed by atoms with Crippen molar-refractivity contribution in [1.29, 1.82) is 0 Å². The maximum Gasteiger partial charge on any atom is 0.270 e. The number of carbonyl (C=O) groups excluding carboxylic acids is 1. The smallest absolute Gasteiger partial charge is 0.270 e. The molecular weight excluding hydrogens is 381 g/mol. The number of H-pyrrole nitrogens is 1. The number of ether oxygens (including phenoxy) is 1. The number of nitrogens with zero attached hydrogens (tertiary/aromatic N) is 2. The molecule has 3 heterocycles. The van der Waals surface area contributed by atoms with Gasteiger partial charge in [-0.25, -0.2) is 9.37 Å². The van der Waals surface area contributed by atoms with Crippen LogP contribution in [0, 0.1) is 5.82 Å². The summed E-state index contributed by atoms with van der Waals surface area (Å²) in [5.41, 5.74) is 3.11. The van der Waals surface area contributed by atoms with E-state index in [2.05, 4.69) is 9.97 Å². The Labute approximate surface area is 173 Å². The lowest BCUT2D eigenvalue weighted by Gasteiger charge is -2.16. The molecule has 0 saturated carbocycles. The Morgan fingerprint density at radius 3 is 2.77 bits per heavy atom. The number of amides is 1. The molecular formula is C24H20FN3O2. The average molecular weight is 401 g/mol. The molecule has 1 amide bonds. The van der Waals surface area contributed by atoms with Crippen molar-refractivity contribution in [3.63, 3.8) is 0 Å². The average Bonchev–Trinajstić information content (AvgIpc) is 3.44. The van der Waals surface area contributed by atoms with Gasteiger partial charge in [0.1, 0.15) is 17.6 Å². The molecule has 2 aromatic heterocycles. The Balaban J connectivity index is 1.25. The van der Waals surface area contributed by atoms with Gasteiger partial charge in [0, 0.05) is 30.6 Å². The van der Waals surface area contributed by atoms with Crippen LogP contribution in [0.4, 0.5) is 4.39 Å². The predicted octanol–water partition coefficient (Wildman–Crippen LogP) is 4.66. The van der Waals surface area contributed by atoms with Crippen molar-refractivity contribution in [3.05, 3.63) is 84.4 Å². The van der Waals surface area contributed by atoms with Gasteiger partial charge in [-0.1, -0.05) is 30.3 Å². The van der Waals surface area contributed by atoms with E-state index in [0.717, 1.165) is 28.5 Å². The number of hydrogen-bond acceptors (Lipinski definition) is 3. The maximum atomic E-state index is 13.1. The second kappa shape index (κ2) is 7.63. The van der Waals surface area contributed by atoms with E-state index in [9.17, 15) is 9.18 Å². The largest absolute Gasteiger partial charge is 0.472 e. The van der Waals surface area contributed by atoms with Crippen LogP contribution in [0.5, 0.6) is 5.88 Å². The molecule has 5 nitrogen and oxygen atoms in total. The SMILES string of the molecule is O=C(c1cc(-c2ccc(F)cc2)c[nH]1)N1CCC(Oc2ccc3ccccc3n2)C1. The Kier molecular flexibility index (Phi) is 4.67. The van der Waals surface area contributed by atoms with Gasteiger partial charge < -0.3 is 14.6 Å². The highest BCUT2D eigenvalue weighted by Crippen LogP contribution is 2.24. The molecule has 1 aliphatic rings. The topological polar surface area (TPSA) is 58.2 Å². The fourth-order valence-electron chi connectivity index (χ4n) is 3.79. The number of halogens is 1. The van der Waals surface area contributed by atoms with E-state index in [1.54, 1.807) is 29.3 Å². The quantitative estimate of drug-likeness (QED) is 0.541. The van der Waals surface area contributed by atoms with Gasteiger partial charge >= 0.3 is 0 Å². The number of likely N-dealkylation sites (tertiary alicyclic amines) is 1. The highest BCUT2D eigenvalue weighted by atomic mass is 19.1. The Morgan fingerprint density at radius 2 is 1.90 bits per heavy atom. The number of pyridine rings is 1. The standard InChI is InChI=1S/C24H20FN3O2/c25-19-8-5-16(6-9-19)18-13-22(26-14-18)24(29)28-12-11-20(15-28)30-23-10-7-17-3-1-2-4-21(17)27-23/h1-10,13-14,20,26H,11-12,15H2. The van der Waals surface area contributed by atoms with E-state index in [0.29, 0.717) is 24.7 Å². The monoisotopic (exact) mass is 401 g/mol. The molecule has 2 aromatic carbocycles. The summed E-state index contributed by atoms with van der Waals surface area (Å²) in [5, 5.41) is 1.07. The number of aromatic amines is 1. The molecule has 0 spiro atoms. The molecule has 0 radical (unpaired) electrons. The first-order chi connectivity index (χ1) is 14.7. The third-order valence-electron chi connectivity index (χ3n) is 5.38. The van der Waals surface area contributed by atoms with Crippen LogP contribution in [0.15, 0.2) is 72.9 Å². The van der Waals surface area contributed by atoms with Crippen molar-refractivity contribution in [2.24, 2.45) is 0 Å². The highest BCUT2D eigenvalue weighted by molar-refractivity contribution is 5.94. The predicted molar refractivity (Wildman–Crippen MR) is 113 cm³/mol. The van der Waals surface area contributed by atoms with E-state index >= 15 is 0 Å². The van der Waals surface area contributed by atoms with Gasteiger partial charge in [0.2, 0.25) is 5.88 Å². The fraction of sp³-hybridized carbons (Fsp3) is 0.167. The number of hydrogen-bond donors (Lipinski definition) is 1. The van der Waals surface area contributed by atoms with Crippen LogP contribution in [0.25, 0.3) is 22.0 Å². The summed E-state index contributed by atoms with van der Waals surface area (Å²) in [7, 11) is 0. The minimum absolute atomic E-state index is 0.0686. The van der Waals surface area contributed by atoms with Crippen LogP contribution < -0.4 is 4.74 Å². The van der Waals surface area contributed by atoms with E-state index in [1.165, 1.54) is 12.1 Å². The van der Waals surface area contributed by atoms with Crippen molar-refractivity contribution in [3.8, 4) is 17.0 Å². The summed E-state index contributed by atoms with van der Waals surface area (Å²) < 4.78 is 19.2. The second-order valence-electron chi connectivity index (χ2n) is 7.43. The van der Waals surface area contributed by atoms with Gasteiger partial charge in [-0.05, 0) is 41.5 Å².